The molecule has 1 aliphatic heterocycles. The third-order valence-corrected chi connectivity index (χ3v) is 4.76. The van der Waals surface area contributed by atoms with Gasteiger partial charge in [-0.2, -0.15) is 0 Å². The molecule has 7 nitrogen and oxygen atoms in total. The number of benzene rings is 2. The van der Waals surface area contributed by atoms with E-state index in [1.807, 2.05) is 32.0 Å². The van der Waals surface area contributed by atoms with Crippen molar-refractivity contribution in [2.75, 3.05) is 6.79 Å². The Morgan fingerprint density at radius 2 is 2.00 bits per heavy atom. The fourth-order valence-corrected chi connectivity index (χ4v) is 3.36. The van der Waals surface area contributed by atoms with Gasteiger partial charge in [0.05, 0.1) is 17.4 Å². The van der Waals surface area contributed by atoms with Crippen molar-refractivity contribution < 1.29 is 14.3 Å². The zero-order valence-corrected chi connectivity index (χ0v) is 16.3. The van der Waals surface area contributed by atoms with Crippen LogP contribution in [0.3, 0.4) is 0 Å². The molecule has 0 bridgehead atoms. The van der Waals surface area contributed by atoms with Gasteiger partial charge in [0.2, 0.25) is 6.79 Å². The molecule has 1 amide bonds. The maximum atomic E-state index is 13.0. The Kier molecular flexibility index (Phi) is 4.64. The summed E-state index contributed by atoms with van der Waals surface area (Å²) in [4.78, 5) is 28.2. The Morgan fingerprint density at radius 1 is 1.21 bits per heavy atom. The molecule has 2 aromatic carbocycles. The van der Waals surface area contributed by atoms with Gasteiger partial charge in [-0.15, -0.1) is 0 Å². The number of nitrogens with zero attached hydrogens (tertiary/aromatic N) is 1. The molecule has 0 atom stereocenters. The molecule has 4 rings (SSSR count). The molecule has 0 saturated carbocycles. The topological polar surface area (TPSA) is 85.3 Å². The molecule has 144 valence electrons. The summed E-state index contributed by atoms with van der Waals surface area (Å²) in [5.41, 5.74) is 1.67. The number of nitrogens with one attached hydrogen (secondary N) is 2. The van der Waals surface area contributed by atoms with Gasteiger partial charge in [0.25, 0.3) is 11.5 Å². The Bertz CT molecular complexity index is 1200. The van der Waals surface area contributed by atoms with Crippen molar-refractivity contribution in [2.45, 2.75) is 26.4 Å². The van der Waals surface area contributed by atoms with Gasteiger partial charge in [-0.3, -0.25) is 14.2 Å². The monoisotopic (exact) mass is 397 g/mol. The van der Waals surface area contributed by atoms with Gasteiger partial charge in [0.15, 0.2) is 16.3 Å². The summed E-state index contributed by atoms with van der Waals surface area (Å²) in [6.45, 7) is 4.28. The van der Waals surface area contributed by atoms with Gasteiger partial charge >= 0.3 is 0 Å². The van der Waals surface area contributed by atoms with Crippen LogP contribution >= 0.6 is 12.2 Å². The van der Waals surface area contributed by atoms with Crippen molar-refractivity contribution in [2.24, 2.45) is 0 Å². The molecule has 3 aromatic rings. The molecular weight excluding hydrogens is 378 g/mol. The second-order valence-electron chi connectivity index (χ2n) is 6.90. The van der Waals surface area contributed by atoms with E-state index in [1.54, 1.807) is 18.2 Å². The Hall–Kier alpha value is -3.13. The van der Waals surface area contributed by atoms with Crippen LogP contribution in [-0.2, 0) is 6.54 Å². The normalized spacial score (nSPS) is 12.5. The number of rotatable bonds is 4. The average molecular weight is 397 g/mol. The van der Waals surface area contributed by atoms with Crippen LogP contribution in [-0.4, -0.2) is 28.3 Å². The molecule has 0 radical (unpaired) electrons. The van der Waals surface area contributed by atoms with E-state index in [4.69, 9.17) is 21.7 Å². The highest BCUT2D eigenvalue weighted by molar-refractivity contribution is 7.71. The van der Waals surface area contributed by atoms with Crippen molar-refractivity contribution >= 4 is 29.0 Å². The summed E-state index contributed by atoms with van der Waals surface area (Å²) >= 11 is 5.40. The molecule has 0 saturated heterocycles. The molecule has 1 aliphatic rings. The van der Waals surface area contributed by atoms with Crippen LogP contribution in [0.25, 0.3) is 10.9 Å². The van der Waals surface area contributed by atoms with Crippen LogP contribution in [0.4, 0.5) is 0 Å². The molecule has 0 unspecified atom stereocenters. The van der Waals surface area contributed by atoms with Crippen molar-refractivity contribution in [3.05, 3.63) is 62.6 Å². The van der Waals surface area contributed by atoms with Crippen LogP contribution in [0.2, 0.25) is 0 Å². The first kappa shape index (κ1) is 18.2. The quantitative estimate of drug-likeness (QED) is 0.661. The van der Waals surface area contributed by atoms with Crippen molar-refractivity contribution in [1.29, 1.82) is 0 Å². The van der Waals surface area contributed by atoms with Crippen LogP contribution in [0, 0.1) is 4.77 Å². The molecule has 28 heavy (non-hydrogen) atoms. The lowest BCUT2D eigenvalue weighted by Crippen LogP contribution is -2.30. The highest BCUT2D eigenvalue weighted by atomic mass is 32.1. The molecule has 0 spiro atoms. The summed E-state index contributed by atoms with van der Waals surface area (Å²) in [7, 11) is 0. The zero-order chi connectivity index (χ0) is 19.8. The number of carbonyl (C=O) groups excluding carboxylic acids is 1. The fourth-order valence-electron chi connectivity index (χ4n) is 3.11. The number of fused-ring (bicyclic) bond motifs is 2. The van der Waals surface area contributed by atoms with Crippen molar-refractivity contribution in [3.8, 4) is 11.5 Å². The van der Waals surface area contributed by atoms with Gasteiger partial charge < -0.3 is 19.8 Å². The second kappa shape index (κ2) is 7.12. The largest absolute Gasteiger partial charge is 0.454 e. The van der Waals surface area contributed by atoms with Crippen molar-refractivity contribution in [1.82, 2.24) is 14.9 Å². The molecule has 0 fully saturated rings. The highest BCUT2D eigenvalue weighted by Crippen LogP contribution is 2.32. The van der Waals surface area contributed by atoms with E-state index in [-0.39, 0.29) is 29.1 Å². The number of carbonyl (C=O) groups is 1. The fraction of sp³-hybridized carbons (Fsp3) is 0.250. The Labute approximate surface area is 165 Å². The minimum Gasteiger partial charge on any atom is -0.454 e. The average Bonchev–Trinajstić information content (AvgIpc) is 3.12. The van der Waals surface area contributed by atoms with E-state index in [1.165, 1.54) is 4.57 Å². The van der Waals surface area contributed by atoms with E-state index >= 15 is 0 Å². The maximum Gasteiger partial charge on any atom is 0.262 e. The number of aromatic amines is 1. The third-order valence-electron chi connectivity index (χ3n) is 4.44. The molecule has 2 N–H and O–H groups in total. The lowest BCUT2D eigenvalue weighted by Gasteiger charge is -2.11. The predicted molar refractivity (Wildman–Crippen MR) is 108 cm³/mol. The molecule has 1 aromatic heterocycles. The highest BCUT2D eigenvalue weighted by Gasteiger charge is 2.15. The molecule has 8 heteroatoms. The maximum absolute atomic E-state index is 13.0. The number of aromatic nitrogens is 2. The smallest absolute Gasteiger partial charge is 0.262 e. The van der Waals surface area contributed by atoms with E-state index in [9.17, 15) is 9.59 Å². The SMILES string of the molecule is CC(C)NC(=O)c1ccc2c(=O)n(Cc3ccc4c(c3)OCO4)c(=S)[nH]c2c1. The van der Waals surface area contributed by atoms with E-state index < -0.39 is 0 Å². The van der Waals surface area contributed by atoms with Crippen LogP contribution in [0.1, 0.15) is 29.8 Å². The van der Waals surface area contributed by atoms with E-state index in [2.05, 4.69) is 10.3 Å². The number of hydrogen-bond donors (Lipinski definition) is 2. The zero-order valence-electron chi connectivity index (χ0n) is 15.4. The van der Waals surface area contributed by atoms with Gasteiger partial charge in [-0.1, -0.05) is 6.07 Å². The van der Waals surface area contributed by atoms with Crippen LogP contribution < -0.4 is 20.3 Å². The Morgan fingerprint density at radius 3 is 2.79 bits per heavy atom. The van der Waals surface area contributed by atoms with Crippen LogP contribution in [0.15, 0.2) is 41.2 Å². The van der Waals surface area contributed by atoms with E-state index in [0.29, 0.717) is 34.5 Å². The number of ether oxygens (including phenoxy) is 2. The Balaban J connectivity index is 1.71. The molecule has 2 heterocycles. The van der Waals surface area contributed by atoms with E-state index in [0.717, 1.165) is 5.56 Å². The molecular formula is C20H19N3O4S. The second-order valence-corrected chi connectivity index (χ2v) is 7.28. The van der Waals surface area contributed by atoms with Gasteiger partial charge in [-0.25, -0.2) is 0 Å². The summed E-state index contributed by atoms with van der Waals surface area (Å²) in [5.74, 6) is 1.15. The predicted octanol–water partition coefficient (Wildman–Crippen LogP) is 2.97. The van der Waals surface area contributed by atoms with Crippen LogP contribution in [0.5, 0.6) is 11.5 Å². The number of hydrogen-bond acceptors (Lipinski definition) is 5. The third kappa shape index (κ3) is 3.38. The minimum absolute atomic E-state index is 0.0244. The summed E-state index contributed by atoms with van der Waals surface area (Å²) < 4.78 is 12.5. The first-order chi connectivity index (χ1) is 13.4. The lowest BCUT2D eigenvalue weighted by molar-refractivity contribution is 0.0943. The standard InChI is InChI=1S/C20H19N3O4S/c1-11(2)21-18(24)13-4-5-14-15(8-13)22-20(28)23(19(14)25)9-12-3-6-16-17(7-12)27-10-26-16/h3-8,11H,9-10H2,1-2H3,(H,21,24)(H,22,28). The van der Waals surface area contributed by atoms with Gasteiger partial charge in [0.1, 0.15) is 0 Å². The first-order valence-electron chi connectivity index (χ1n) is 8.88. The molecule has 0 aliphatic carbocycles. The summed E-state index contributed by atoms with van der Waals surface area (Å²) in [6.07, 6.45) is 0. The first-order valence-corrected chi connectivity index (χ1v) is 9.29. The van der Waals surface area contributed by atoms with Gasteiger partial charge in [0, 0.05) is 11.6 Å². The van der Waals surface area contributed by atoms with Crippen molar-refractivity contribution in [3.63, 3.8) is 0 Å². The summed E-state index contributed by atoms with van der Waals surface area (Å²) in [6, 6.07) is 10.5. The number of H-pyrrole nitrogens is 1. The lowest BCUT2D eigenvalue weighted by atomic mass is 10.1. The van der Waals surface area contributed by atoms with Gasteiger partial charge in [-0.05, 0) is 62.0 Å². The minimum atomic E-state index is -0.216. The number of amides is 1. The summed E-state index contributed by atoms with van der Waals surface area (Å²) in [5, 5.41) is 3.30.